The van der Waals surface area contributed by atoms with E-state index in [0.29, 0.717) is 0 Å². The second kappa shape index (κ2) is 3.49. The first-order chi connectivity index (χ1) is 5.20. The molecule has 0 aliphatic heterocycles. The Labute approximate surface area is 72.6 Å². The van der Waals surface area contributed by atoms with Gasteiger partial charge in [-0.25, -0.2) is 4.98 Å². The summed E-state index contributed by atoms with van der Waals surface area (Å²) in [7, 11) is 0. The number of thiocarbonyl (C=S) groups is 1. The van der Waals surface area contributed by atoms with Gasteiger partial charge in [-0.3, -0.25) is 4.79 Å². The molecule has 58 valence electrons. The number of nitrogens with two attached hydrogens (primary N) is 1. The van der Waals surface area contributed by atoms with Crippen molar-refractivity contribution in [2.45, 2.75) is 0 Å². The number of aromatic amines is 1. The van der Waals surface area contributed by atoms with Gasteiger partial charge >= 0.3 is 0 Å². The van der Waals surface area contributed by atoms with Crippen LogP contribution in [0.25, 0.3) is 0 Å². The zero-order valence-electron chi connectivity index (χ0n) is 5.40. The fourth-order valence-electron chi connectivity index (χ4n) is 0.517. The minimum absolute atomic E-state index is 0.103. The Kier molecular flexibility index (Phi) is 2.61. The van der Waals surface area contributed by atoms with Crippen LogP contribution in [-0.2, 0) is 0 Å². The standard InChI is InChI=1S/C5H5N3OS2/c6-5(10)11-4(9)3-7-1-2-8-3/h1-2H,(H2,6,10)(H,7,8). The molecular formula is C5H5N3OS2. The van der Waals surface area contributed by atoms with Gasteiger partial charge in [0.15, 0.2) is 5.82 Å². The number of imidazole rings is 1. The average Bonchev–Trinajstić information content (AvgIpc) is 2.35. The normalized spacial score (nSPS) is 9.45. The molecule has 1 aromatic rings. The lowest BCUT2D eigenvalue weighted by atomic mass is 10.7. The quantitative estimate of drug-likeness (QED) is 0.627. The summed E-state index contributed by atoms with van der Waals surface area (Å²) in [4.78, 5) is 17.4. The largest absolute Gasteiger partial charge is 0.384 e. The maximum Gasteiger partial charge on any atom is 0.261 e. The monoisotopic (exact) mass is 187 g/mol. The van der Waals surface area contributed by atoms with Crippen molar-refractivity contribution in [1.29, 1.82) is 0 Å². The van der Waals surface area contributed by atoms with Gasteiger partial charge in [0.25, 0.3) is 5.12 Å². The first kappa shape index (κ1) is 8.22. The van der Waals surface area contributed by atoms with Crippen molar-refractivity contribution in [2.75, 3.05) is 0 Å². The molecule has 0 aliphatic rings. The van der Waals surface area contributed by atoms with Crippen LogP contribution in [0, 0.1) is 0 Å². The molecule has 0 aliphatic carbocycles. The molecule has 0 amide bonds. The molecule has 11 heavy (non-hydrogen) atoms. The molecule has 0 saturated carbocycles. The predicted molar refractivity (Wildman–Crippen MR) is 47.3 cm³/mol. The van der Waals surface area contributed by atoms with Gasteiger partial charge in [0, 0.05) is 12.4 Å². The highest BCUT2D eigenvalue weighted by atomic mass is 32.2. The molecule has 6 heteroatoms. The van der Waals surface area contributed by atoms with Gasteiger partial charge in [0.05, 0.1) is 0 Å². The lowest BCUT2D eigenvalue weighted by Crippen LogP contribution is -2.07. The van der Waals surface area contributed by atoms with Gasteiger partial charge in [0.2, 0.25) is 0 Å². The summed E-state index contributed by atoms with van der Waals surface area (Å²) in [6.07, 6.45) is 3.06. The summed E-state index contributed by atoms with van der Waals surface area (Å²) in [6.45, 7) is 0. The molecule has 1 aromatic heterocycles. The smallest absolute Gasteiger partial charge is 0.261 e. The maximum atomic E-state index is 11.0. The van der Waals surface area contributed by atoms with Crippen molar-refractivity contribution in [3.63, 3.8) is 0 Å². The van der Waals surface area contributed by atoms with E-state index in [2.05, 4.69) is 22.2 Å². The fourth-order valence-corrected chi connectivity index (χ4v) is 1.13. The molecule has 0 radical (unpaired) electrons. The third kappa shape index (κ3) is 2.32. The van der Waals surface area contributed by atoms with E-state index in [4.69, 9.17) is 5.73 Å². The van der Waals surface area contributed by atoms with E-state index in [-0.39, 0.29) is 15.3 Å². The summed E-state index contributed by atoms with van der Waals surface area (Å²) in [5.74, 6) is 0.266. The molecule has 0 fully saturated rings. The lowest BCUT2D eigenvalue weighted by molar-refractivity contribution is 0.108. The van der Waals surface area contributed by atoms with Crippen molar-refractivity contribution in [1.82, 2.24) is 9.97 Å². The lowest BCUT2D eigenvalue weighted by Gasteiger charge is -1.91. The van der Waals surface area contributed by atoms with Crippen LogP contribution in [0.5, 0.6) is 0 Å². The molecule has 0 aromatic carbocycles. The Bertz CT molecular complexity index is 269. The van der Waals surface area contributed by atoms with Gasteiger partial charge in [-0.05, 0) is 11.8 Å². The maximum absolute atomic E-state index is 11.0. The summed E-state index contributed by atoms with van der Waals surface area (Å²) < 4.78 is 0.103. The first-order valence-electron chi connectivity index (χ1n) is 2.71. The van der Waals surface area contributed by atoms with Crippen LogP contribution in [0.15, 0.2) is 12.4 Å². The number of hydrogen-bond donors (Lipinski definition) is 2. The fraction of sp³-hybridized carbons (Fsp3) is 0. The molecular weight excluding hydrogens is 182 g/mol. The highest BCUT2D eigenvalue weighted by Crippen LogP contribution is 2.07. The molecule has 4 nitrogen and oxygen atoms in total. The van der Waals surface area contributed by atoms with Crippen LogP contribution >= 0.6 is 24.0 Å². The number of carbonyl (C=O) groups excluding carboxylic acids is 1. The summed E-state index contributed by atoms with van der Waals surface area (Å²) >= 11 is 5.31. The van der Waals surface area contributed by atoms with Crippen LogP contribution in [0.1, 0.15) is 10.6 Å². The predicted octanol–water partition coefficient (Wildman–Crippen LogP) is 0.527. The van der Waals surface area contributed by atoms with Crippen LogP contribution in [0.3, 0.4) is 0 Å². The van der Waals surface area contributed by atoms with Gasteiger partial charge in [-0.15, -0.1) is 0 Å². The number of hydrogen-bond acceptors (Lipinski definition) is 4. The van der Waals surface area contributed by atoms with Crippen molar-refractivity contribution in [3.8, 4) is 0 Å². The van der Waals surface area contributed by atoms with Crippen molar-refractivity contribution in [3.05, 3.63) is 18.2 Å². The number of rotatable bonds is 1. The Morgan fingerprint density at radius 2 is 2.55 bits per heavy atom. The van der Waals surface area contributed by atoms with Crippen LogP contribution in [-0.4, -0.2) is 19.4 Å². The molecule has 0 bridgehead atoms. The Morgan fingerprint density at radius 1 is 1.82 bits per heavy atom. The average molecular weight is 187 g/mol. The van der Waals surface area contributed by atoms with E-state index < -0.39 is 0 Å². The van der Waals surface area contributed by atoms with Crippen molar-refractivity contribution < 1.29 is 4.79 Å². The Morgan fingerprint density at radius 3 is 3.00 bits per heavy atom. The molecule has 0 unspecified atom stereocenters. The zero-order chi connectivity index (χ0) is 8.27. The summed E-state index contributed by atoms with van der Waals surface area (Å²) in [6, 6.07) is 0. The van der Waals surface area contributed by atoms with Crippen LogP contribution in [0.2, 0.25) is 0 Å². The highest BCUT2D eigenvalue weighted by Gasteiger charge is 2.09. The summed E-state index contributed by atoms with van der Waals surface area (Å²) in [5.41, 5.74) is 5.13. The van der Waals surface area contributed by atoms with Crippen molar-refractivity contribution in [2.24, 2.45) is 5.73 Å². The van der Waals surface area contributed by atoms with Gasteiger partial charge in [-0.2, -0.15) is 0 Å². The number of H-pyrrole nitrogens is 1. The van der Waals surface area contributed by atoms with E-state index in [9.17, 15) is 4.79 Å². The second-order valence-corrected chi connectivity index (χ2v) is 3.36. The van der Waals surface area contributed by atoms with E-state index in [1.807, 2.05) is 0 Å². The van der Waals surface area contributed by atoms with Crippen LogP contribution in [0.4, 0.5) is 0 Å². The molecule has 3 N–H and O–H groups in total. The van der Waals surface area contributed by atoms with Gasteiger partial charge in [0.1, 0.15) is 4.32 Å². The van der Waals surface area contributed by atoms with Crippen molar-refractivity contribution >= 4 is 33.4 Å². The third-order valence-corrected chi connectivity index (χ3v) is 1.71. The summed E-state index contributed by atoms with van der Waals surface area (Å²) in [5, 5.41) is -0.262. The number of thioether (sulfide) groups is 1. The van der Waals surface area contributed by atoms with Gasteiger partial charge < -0.3 is 10.7 Å². The molecule has 0 spiro atoms. The SMILES string of the molecule is NC(=S)SC(=O)c1ncc[nH]1. The number of carbonyl (C=O) groups is 1. The van der Waals surface area contributed by atoms with E-state index >= 15 is 0 Å². The highest BCUT2D eigenvalue weighted by molar-refractivity contribution is 8.33. The second-order valence-electron chi connectivity index (χ2n) is 1.65. The molecule has 0 saturated heterocycles. The van der Waals surface area contributed by atoms with E-state index in [1.54, 1.807) is 6.20 Å². The van der Waals surface area contributed by atoms with Crippen LogP contribution < -0.4 is 5.73 Å². The van der Waals surface area contributed by atoms with E-state index in [0.717, 1.165) is 11.8 Å². The number of aromatic nitrogens is 2. The Balaban J connectivity index is 2.64. The number of nitrogens with one attached hydrogen (secondary N) is 1. The topological polar surface area (TPSA) is 71.8 Å². The molecule has 1 rings (SSSR count). The Hall–Kier alpha value is -0.880. The molecule has 0 atom stereocenters. The van der Waals surface area contributed by atoms with E-state index in [1.165, 1.54) is 6.20 Å². The molecule has 1 heterocycles. The number of nitrogens with zero attached hydrogens (tertiary/aromatic N) is 1. The zero-order valence-corrected chi connectivity index (χ0v) is 7.04. The minimum Gasteiger partial charge on any atom is -0.384 e. The van der Waals surface area contributed by atoms with Gasteiger partial charge in [-0.1, -0.05) is 12.2 Å². The minimum atomic E-state index is -0.262. The third-order valence-electron chi connectivity index (χ3n) is 0.885. The first-order valence-corrected chi connectivity index (χ1v) is 3.93.